The molecule has 0 aromatic heterocycles. The number of carbonyl (C=O) groups is 1. The number of hydrogen-bond donors (Lipinski definition) is 0. The minimum Gasteiger partial charge on any atom is -0.496 e. The van der Waals surface area contributed by atoms with E-state index in [4.69, 9.17) is 27.9 Å². The highest BCUT2D eigenvalue weighted by molar-refractivity contribution is 6.44. The van der Waals surface area contributed by atoms with Crippen molar-refractivity contribution in [3.63, 3.8) is 0 Å². The highest BCUT2D eigenvalue weighted by Crippen LogP contribution is 2.40. The van der Waals surface area contributed by atoms with Crippen LogP contribution >= 0.6 is 23.2 Å². The molecule has 0 saturated heterocycles. The molecule has 1 aliphatic carbocycles. The molecule has 0 saturated carbocycles. The predicted octanol–water partition coefficient (Wildman–Crippen LogP) is 3.75. The SMILES string of the molecule is COc1ccc(Cl)c(Cl)c1C1=CCCC1=O. The summed E-state index contributed by atoms with van der Waals surface area (Å²) >= 11 is 12.1. The standard InChI is InChI=1S/C12H10Cl2O2/c1-16-10-6-5-8(13)12(14)11(10)7-3-2-4-9(7)15/h3,5-6H,2,4H2,1H3. The second-order valence-electron chi connectivity index (χ2n) is 3.52. The molecule has 2 rings (SSSR count). The van der Waals surface area contributed by atoms with Crippen molar-refractivity contribution < 1.29 is 9.53 Å². The summed E-state index contributed by atoms with van der Waals surface area (Å²) in [5, 5.41) is 0.806. The van der Waals surface area contributed by atoms with Crippen LogP contribution in [-0.4, -0.2) is 12.9 Å². The molecule has 0 radical (unpaired) electrons. The van der Waals surface area contributed by atoms with Crippen molar-refractivity contribution in [2.24, 2.45) is 0 Å². The molecule has 0 heterocycles. The van der Waals surface area contributed by atoms with Gasteiger partial charge in [0.1, 0.15) is 5.75 Å². The fourth-order valence-electron chi connectivity index (χ4n) is 1.79. The van der Waals surface area contributed by atoms with E-state index < -0.39 is 0 Å². The van der Waals surface area contributed by atoms with E-state index >= 15 is 0 Å². The molecule has 0 aliphatic heterocycles. The summed E-state index contributed by atoms with van der Waals surface area (Å²) in [5.74, 6) is 0.665. The van der Waals surface area contributed by atoms with Crippen LogP contribution in [0.15, 0.2) is 18.2 Å². The Morgan fingerprint density at radius 3 is 2.62 bits per heavy atom. The van der Waals surface area contributed by atoms with Crippen LogP contribution in [0.2, 0.25) is 10.0 Å². The monoisotopic (exact) mass is 256 g/mol. The molecule has 0 bridgehead atoms. The average Bonchev–Trinajstić information content (AvgIpc) is 2.68. The minimum atomic E-state index is 0.0856. The zero-order valence-corrected chi connectivity index (χ0v) is 10.2. The first kappa shape index (κ1) is 11.5. The van der Waals surface area contributed by atoms with E-state index in [1.807, 2.05) is 6.08 Å². The summed E-state index contributed by atoms with van der Waals surface area (Å²) in [5.41, 5.74) is 1.23. The Balaban J connectivity index is 2.62. The third kappa shape index (κ3) is 1.83. The van der Waals surface area contributed by atoms with Gasteiger partial charge in [-0.1, -0.05) is 29.3 Å². The van der Waals surface area contributed by atoms with Crippen LogP contribution in [0.5, 0.6) is 5.75 Å². The minimum absolute atomic E-state index is 0.0856. The molecular weight excluding hydrogens is 247 g/mol. The van der Waals surface area contributed by atoms with Crippen molar-refractivity contribution >= 4 is 34.6 Å². The number of methoxy groups -OCH3 is 1. The quantitative estimate of drug-likeness (QED) is 0.806. The summed E-state index contributed by atoms with van der Waals surface area (Å²) < 4.78 is 5.21. The summed E-state index contributed by atoms with van der Waals surface area (Å²) in [7, 11) is 1.54. The van der Waals surface area contributed by atoms with Crippen molar-refractivity contribution in [2.75, 3.05) is 7.11 Å². The number of hydrogen-bond acceptors (Lipinski definition) is 2. The largest absolute Gasteiger partial charge is 0.496 e. The Hall–Kier alpha value is -0.990. The average molecular weight is 257 g/mol. The van der Waals surface area contributed by atoms with Gasteiger partial charge >= 0.3 is 0 Å². The number of carbonyl (C=O) groups excluding carboxylic acids is 1. The molecule has 0 atom stereocenters. The number of Topliss-reactive ketones (excluding diaryl/α,β-unsaturated/α-hetero) is 1. The Kier molecular flexibility index (Phi) is 3.22. The van der Waals surface area contributed by atoms with Gasteiger partial charge in [0.25, 0.3) is 0 Å². The zero-order chi connectivity index (χ0) is 11.7. The second kappa shape index (κ2) is 4.48. The van der Waals surface area contributed by atoms with E-state index in [9.17, 15) is 4.79 Å². The van der Waals surface area contributed by atoms with Crippen LogP contribution in [0, 0.1) is 0 Å². The summed E-state index contributed by atoms with van der Waals surface area (Å²) in [6, 6.07) is 3.38. The Morgan fingerprint density at radius 1 is 1.31 bits per heavy atom. The van der Waals surface area contributed by atoms with Crippen molar-refractivity contribution in [1.29, 1.82) is 0 Å². The smallest absolute Gasteiger partial charge is 0.163 e. The molecule has 4 heteroatoms. The zero-order valence-electron chi connectivity index (χ0n) is 8.72. The highest BCUT2D eigenvalue weighted by Gasteiger charge is 2.23. The fourth-order valence-corrected chi connectivity index (χ4v) is 2.21. The van der Waals surface area contributed by atoms with Crippen LogP contribution in [0.4, 0.5) is 0 Å². The molecular formula is C12H10Cl2O2. The van der Waals surface area contributed by atoms with Gasteiger partial charge in [-0.25, -0.2) is 0 Å². The molecule has 2 nitrogen and oxygen atoms in total. The first-order valence-electron chi connectivity index (χ1n) is 4.91. The molecule has 0 spiro atoms. The lowest BCUT2D eigenvalue weighted by Crippen LogP contribution is -1.99. The van der Waals surface area contributed by atoms with E-state index in [0.29, 0.717) is 33.4 Å². The van der Waals surface area contributed by atoms with Crippen molar-refractivity contribution in [1.82, 2.24) is 0 Å². The number of allylic oxidation sites excluding steroid dienone is 2. The molecule has 0 unspecified atom stereocenters. The number of rotatable bonds is 2. The van der Waals surface area contributed by atoms with Gasteiger partial charge in [-0.2, -0.15) is 0 Å². The predicted molar refractivity (Wildman–Crippen MR) is 65.2 cm³/mol. The van der Waals surface area contributed by atoms with E-state index in [-0.39, 0.29) is 5.78 Å². The van der Waals surface area contributed by atoms with Gasteiger partial charge in [-0.05, 0) is 18.6 Å². The van der Waals surface area contributed by atoms with Gasteiger partial charge in [-0.15, -0.1) is 0 Å². The topological polar surface area (TPSA) is 26.3 Å². The van der Waals surface area contributed by atoms with E-state index in [1.165, 1.54) is 0 Å². The van der Waals surface area contributed by atoms with Gasteiger partial charge in [0, 0.05) is 17.6 Å². The van der Waals surface area contributed by atoms with Crippen molar-refractivity contribution in [2.45, 2.75) is 12.8 Å². The highest BCUT2D eigenvalue weighted by atomic mass is 35.5. The van der Waals surface area contributed by atoms with Crippen LogP contribution in [0.3, 0.4) is 0 Å². The molecule has 1 aliphatic rings. The summed E-state index contributed by atoms with van der Waals surface area (Å²) in [4.78, 5) is 11.7. The normalized spacial score (nSPS) is 15.2. The van der Waals surface area contributed by atoms with Crippen molar-refractivity contribution in [3.8, 4) is 5.75 Å². The lowest BCUT2D eigenvalue weighted by molar-refractivity contribution is -0.113. The van der Waals surface area contributed by atoms with E-state index in [1.54, 1.807) is 19.2 Å². The number of halogens is 2. The maximum absolute atomic E-state index is 11.7. The lowest BCUT2D eigenvalue weighted by Gasteiger charge is -2.11. The molecule has 0 fully saturated rings. The Morgan fingerprint density at radius 2 is 2.06 bits per heavy atom. The molecule has 16 heavy (non-hydrogen) atoms. The number of ether oxygens (including phenoxy) is 1. The second-order valence-corrected chi connectivity index (χ2v) is 4.30. The third-order valence-corrected chi connectivity index (χ3v) is 3.37. The van der Waals surface area contributed by atoms with Crippen molar-refractivity contribution in [3.05, 3.63) is 33.8 Å². The molecule has 84 valence electrons. The van der Waals surface area contributed by atoms with Gasteiger partial charge in [0.15, 0.2) is 5.78 Å². The van der Waals surface area contributed by atoms with Crippen LogP contribution in [0.25, 0.3) is 5.57 Å². The maximum Gasteiger partial charge on any atom is 0.163 e. The third-order valence-electron chi connectivity index (χ3n) is 2.57. The summed E-state index contributed by atoms with van der Waals surface area (Å²) in [6.45, 7) is 0. The van der Waals surface area contributed by atoms with Gasteiger partial charge in [-0.3, -0.25) is 4.79 Å². The molecule has 1 aromatic carbocycles. The van der Waals surface area contributed by atoms with E-state index in [0.717, 1.165) is 6.42 Å². The van der Waals surface area contributed by atoms with Gasteiger partial charge in [0.2, 0.25) is 0 Å². The number of benzene rings is 1. The molecule has 1 aromatic rings. The number of ketones is 1. The summed E-state index contributed by atoms with van der Waals surface area (Å²) in [6.07, 6.45) is 3.16. The van der Waals surface area contributed by atoms with Gasteiger partial charge in [0.05, 0.1) is 17.2 Å². The van der Waals surface area contributed by atoms with Crippen LogP contribution < -0.4 is 4.74 Å². The molecule has 0 amide bonds. The first-order valence-corrected chi connectivity index (χ1v) is 5.66. The Bertz CT molecular complexity index is 478. The Labute approximate surface area is 104 Å². The lowest BCUT2D eigenvalue weighted by atomic mass is 10.0. The maximum atomic E-state index is 11.7. The van der Waals surface area contributed by atoms with Crippen LogP contribution in [0.1, 0.15) is 18.4 Å². The van der Waals surface area contributed by atoms with E-state index in [2.05, 4.69) is 0 Å². The fraction of sp³-hybridized carbons (Fsp3) is 0.250. The van der Waals surface area contributed by atoms with Gasteiger partial charge < -0.3 is 4.74 Å². The first-order chi connectivity index (χ1) is 7.65. The van der Waals surface area contributed by atoms with Crippen LogP contribution in [-0.2, 0) is 4.79 Å². The molecule has 0 N–H and O–H groups in total.